The summed E-state index contributed by atoms with van der Waals surface area (Å²) in [7, 11) is 0. The van der Waals surface area contributed by atoms with Crippen LogP contribution in [0.4, 0.5) is 0 Å². The zero-order valence-corrected chi connectivity index (χ0v) is 34.9. The lowest BCUT2D eigenvalue weighted by Gasteiger charge is -2.20. The highest BCUT2D eigenvalue weighted by atomic mass is 16.5. The van der Waals surface area contributed by atoms with Crippen LogP contribution in [-0.2, 0) is 5.41 Å². The van der Waals surface area contributed by atoms with Crippen molar-refractivity contribution >= 4 is 32.8 Å². The quantitative estimate of drug-likeness (QED) is 0.151. The summed E-state index contributed by atoms with van der Waals surface area (Å²) in [4.78, 5) is 4.88. The Morgan fingerprint density at radius 3 is 1.92 bits per heavy atom. The van der Waals surface area contributed by atoms with Gasteiger partial charge in [-0.1, -0.05) is 123 Å². The van der Waals surface area contributed by atoms with Crippen LogP contribution in [0.2, 0.25) is 0 Å². The van der Waals surface area contributed by atoms with Crippen molar-refractivity contribution in [2.45, 2.75) is 47.0 Å². The van der Waals surface area contributed by atoms with Crippen LogP contribution in [0.3, 0.4) is 0 Å². The first-order valence-electron chi connectivity index (χ1n) is 20.7. The van der Waals surface area contributed by atoms with Crippen LogP contribution < -0.4 is 9.30 Å². The number of para-hydroxylation sites is 1. The van der Waals surface area contributed by atoms with E-state index >= 15 is 0 Å². The Hall–Kier alpha value is -7.24. The summed E-state index contributed by atoms with van der Waals surface area (Å²) in [5, 5.41) is 2.34. The number of rotatable bonds is 7. The number of hydrogen-bond donors (Lipinski definition) is 0. The second kappa shape index (κ2) is 14.5. The molecule has 3 aromatic heterocycles. The van der Waals surface area contributed by atoms with Crippen molar-refractivity contribution in [3.63, 3.8) is 0 Å². The molecule has 0 fully saturated rings. The van der Waals surface area contributed by atoms with Gasteiger partial charge < -0.3 is 4.74 Å². The van der Waals surface area contributed by atoms with Crippen molar-refractivity contribution in [2.24, 2.45) is 0 Å². The molecule has 7 aromatic carbocycles. The molecule has 0 saturated heterocycles. The van der Waals surface area contributed by atoms with E-state index in [1.54, 1.807) is 0 Å². The molecular formula is C55H47N4O+. The molecule has 0 N–H and O–H groups in total. The number of ether oxygens (including phenoxy) is 1. The van der Waals surface area contributed by atoms with Crippen molar-refractivity contribution in [1.82, 2.24) is 14.1 Å². The van der Waals surface area contributed by atoms with Crippen LogP contribution in [-0.4, -0.2) is 14.1 Å². The second-order valence-electron chi connectivity index (χ2n) is 17.0. The highest BCUT2D eigenvalue weighted by Crippen LogP contribution is 2.39. The lowest BCUT2D eigenvalue weighted by Crippen LogP contribution is -2.31. The fourth-order valence-corrected chi connectivity index (χ4v) is 8.95. The molecular weight excluding hydrogens is 733 g/mol. The molecule has 0 aliphatic heterocycles. The Bertz CT molecular complexity index is 3220. The van der Waals surface area contributed by atoms with Gasteiger partial charge in [-0.3, -0.25) is 4.57 Å². The van der Waals surface area contributed by atoms with Crippen molar-refractivity contribution in [3.8, 4) is 50.9 Å². The SMILES string of the molecule is Cc1cc(C)c(-[n+]2cn(-c3cccc(Oc4ccc5c6ccccc6n(-c6cc(C(C)(C)C)ccn6)c5c4)c3)c3cc(-c4ccccc4)c(-c4ccccc4)cc32)c(C)c1. The first-order valence-corrected chi connectivity index (χ1v) is 20.7. The van der Waals surface area contributed by atoms with Gasteiger partial charge in [-0.2, -0.15) is 9.13 Å². The van der Waals surface area contributed by atoms with Gasteiger partial charge in [-0.05, 0) is 120 Å². The maximum atomic E-state index is 6.78. The molecule has 0 radical (unpaired) electrons. The number of benzene rings is 7. The molecule has 0 bridgehead atoms. The number of pyridine rings is 1. The molecule has 0 spiro atoms. The Morgan fingerprint density at radius 2 is 1.20 bits per heavy atom. The summed E-state index contributed by atoms with van der Waals surface area (Å²) in [5.41, 5.74) is 16.2. The number of nitrogens with zero attached hydrogens (tertiary/aromatic N) is 4. The molecule has 5 heteroatoms. The van der Waals surface area contributed by atoms with E-state index in [1.165, 1.54) is 55.6 Å². The van der Waals surface area contributed by atoms with E-state index in [1.807, 2.05) is 12.3 Å². The number of aryl methyl sites for hydroxylation is 3. The van der Waals surface area contributed by atoms with Crippen molar-refractivity contribution in [2.75, 3.05) is 0 Å². The summed E-state index contributed by atoms with van der Waals surface area (Å²) in [6.07, 6.45) is 4.16. The topological polar surface area (TPSA) is 35.9 Å². The lowest BCUT2D eigenvalue weighted by molar-refractivity contribution is -0.568. The number of hydrogen-bond acceptors (Lipinski definition) is 2. The zero-order valence-electron chi connectivity index (χ0n) is 34.9. The Labute approximate surface area is 351 Å². The minimum atomic E-state index is -0.00878. The highest BCUT2D eigenvalue weighted by molar-refractivity contribution is 6.09. The molecule has 0 aliphatic rings. The first kappa shape index (κ1) is 37.1. The summed E-state index contributed by atoms with van der Waals surface area (Å²) in [6.45, 7) is 13.3. The van der Waals surface area contributed by atoms with Crippen LogP contribution in [0.1, 0.15) is 43.0 Å². The van der Waals surface area contributed by atoms with Gasteiger partial charge in [0.15, 0.2) is 11.0 Å². The Morgan fingerprint density at radius 1 is 0.550 bits per heavy atom. The number of aromatic nitrogens is 4. The molecule has 0 amide bonds. The number of fused-ring (bicyclic) bond motifs is 4. The number of imidazole rings is 1. The second-order valence-corrected chi connectivity index (χ2v) is 17.0. The van der Waals surface area contributed by atoms with Gasteiger partial charge in [0.05, 0.1) is 11.0 Å². The molecule has 60 heavy (non-hydrogen) atoms. The lowest BCUT2D eigenvalue weighted by atomic mass is 9.88. The molecule has 0 aliphatic carbocycles. The monoisotopic (exact) mass is 779 g/mol. The zero-order chi connectivity index (χ0) is 41.1. The van der Waals surface area contributed by atoms with Gasteiger partial charge in [0, 0.05) is 29.1 Å². The van der Waals surface area contributed by atoms with E-state index in [2.05, 4.69) is 219 Å². The van der Waals surface area contributed by atoms with E-state index in [4.69, 9.17) is 9.72 Å². The summed E-state index contributed by atoms with van der Waals surface area (Å²) in [6, 6.07) is 58.4. The molecule has 3 heterocycles. The van der Waals surface area contributed by atoms with Gasteiger partial charge in [0.2, 0.25) is 0 Å². The Kier molecular flexibility index (Phi) is 8.98. The molecule has 292 valence electrons. The standard InChI is InChI=1S/C55H47N4O/c1-36-28-37(2)54(38(3)29-36)58-35-57(51-33-47(39-16-9-7-10-17-39)48(34-52(51)58)40-18-11-8-12-19-40)42-20-15-21-43(31-42)60-44-24-25-46-45-22-13-14-23-49(45)59(50(46)32-44)53-30-41(26-27-56-53)55(4,5)6/h7-35H,1-6H3/q+1. The third-order valence-electron chi connectivity index (χ3n) is 11.7. The smallest absolute Gasteiger partial charge is 0.255 e. The minimum absolute atomic E-state index is 0.00878. The predicted octanol–water partition coefficient (Wildman–Crippen LogP) is 13.7. The average molecular weight is 780 g/mol. The Balaban J connectivity index is 1.13. The molecule has 0 unspecified atom stereocenters. The first-order chi connectivity index (χ1) is 29.1. The fraction of sp³-hybridized carbons (Fsp3) is 0.127. The minimum Gasteiger partial charge on any atom is -0.457 e. The summed E-state index contributed by atoms with van der Waals surface area (Å²) < 4.78 is 13.7. The highest BCUT2D eigenvalue weighted by Gasteiger charge is 2.26. The van der Waals surface area contributed by atoms with Crippen molar-refractivity contribution < 1.29 is 9.30 Å². The third kappa shape index (κ3) is 6.53. The van der Waals surface area contributed by atoms with Gasteiger partial charge in [-0.25, -0.2) is 4.98 Å². The average Bonchev–Trinajstić information content (AvgIpc) is 3.78. The normalized spacial score (nSPS) is 11.8. The van der Waals surface area contributed by atoms with E-state index in [9.17, 15) is 0 Å². The maximum Gasteiger partial charge on any atom is 0.255 e. The molecule has 10 aromatic rings. The predicted molar refractivity (Wildman–Crippen MR) is 247 cm³/mol. The summed E-state index contributed by atoms with van der Waals surface area (Å²) in [5.74, 6) is 2.40. The van der Waals surface area contributed by atoms with Gasteiger partial charge in [0.25, 0.3) is 6.33 Å². The van der Waals surface area contributed by atoms with E-state index in [0.29, 0.717) is 0 Å². The van der Waals surface area contributed by atoms with E-state index in [0.717, 1.165) is 50.5 Å². The van der Waals surface area contributed by atoms with Gasteiger partial charge in [-0.15, -0.1) is 0 Å². The van der Waals surface area contributed by atoms with Gasteiger partial charge >= 0.3 is 0 Å². The molecule has 0 atom stereocenters. The van der Waals surface area contributed by atoms with Crippen LogP contribution in [0.5, 0.6) is 11.5 Å². The molecule has 10 rings (SSSR count). The summed E-state index contributed by atoms with van der Waals surface area (Å²) >= 11 is 0. The van der Waals surface area contributed by atoms with E-state index in [-0.39, 0.29) is 5.41 Å². The molecule has 5 nitrogen and oxygen atoms in total. The molecule has 0 saturated carbocycles. The maximum absolute atomic E-state index is 6.78. The van der Waals surface area contributed by atoms with Crippen LogP contribution in [0, 0.1) is 20.8 Å². The van der Waals surface area contributed by atoms with Gasteiger partial charge in [0.1, 0.15) is 28.7 Å². The van der Waals surface area contributed by atoms with Crippen LogP contribution in [0.25, 0.3) is 72.3 Å². The fourth-order valence-electron chi connectivity index (χ4n) is 8.95. The van der Waals surface area contributed by atoms with Crippen LogP contribution >= 0.6 is 0 Å². The largest absolute Gasteiger partial charge is 0.457 e. The van der Waals surface area contributed by atoms with Crippen molar-refractivity contribution in [1.29, 1.82) is 0 Å². The van der Waals surface area contributed by atoms with Crippen LogP contribution in [0.15, 0.2) is 176 Å². The van der Waals surface area contributed by atoms with E-state index < -0.39 is 0 Å². The van der Waals surface area contributed by atoms with Crippen molar-refractivity contribution in [3.05, 3.63) is 199 Å². The third-order valence-corrected chi connectivity index (χ3v) is 11.7.